The normalized spacial score (nSPS) is 20.8. The number of imidazole rings is 1. The van der Waals surface area contributed by atoms with E-state index >= 15 is 0 Å². The molecule has 1 aliphatic rings. The molecule has 1 saturated heterocycles. The summed E-state index contributed by atoms with van der Waals surface area (Å²) in [5.74, 6) is 1.01. The molecule has 0 spiro atoms. The molecule has 1 atom stereocenters. The van der Waals surface area contributed by atoms with Crippen LogP contribution in [0.1, 0.15) is 48.5 Å². The van der Waals surface area contributed by atoms with Gasteiger partial charge in [0.05, 0.1) is 23.4 Å². The maximum absolute atomic E-state index is 11.2. The summed E-state index contributed by atoms with van der Waals surface area (Å²) in [5, 5.41) is 0. The molecule has 2 aromatic heterocycles. The average molecular weight is 257 g/mol. The van der Waals surface area contributed by atoms with Crippen molar-refractivity contribution < 1.29 is 4.79 Å². The molecule has 4 nitrogen and oxygen atoms in total. The number of carbonyl (C=O) groups excluding carboxylic acids is 1. The minimum atomic E-state index is 0.336. The molecular weight excluding hydrogens is 238 g/mol. The first-order valence-electron chi connectivity index (χ1n) is 7.00. The molecule has 19 heavy (non-hydrogen) atoms. The van der Waals surface area contributed by atoms with Gasteiger partial charge in [-0.05, 0) is 38.1 Å². The first-order valence-corrected chi connectivity index (χ1v) is 7.00. The van der Waals surface area contributed by atoms with Crippen molar-refractivity contribution in [2.75, 3.05) is 13.1 Å². The van der Waals surface area contributed by atoms with Gasteiger partial charge in [-0.2, -0.15) is 0 Å². The van der Waals surface area contributed by atoms with Gasteiger partial charge in [-0.15, -0.1) is 0 Å². The van der Waals surface area contributed by atoms with Crippen LogP contribution in [0.25, 0.3) is 5.52 Å². The number of fused-ring (bicyclic) bond motifs is 1. The van der Waals surface area contributed by atoms with Crippen molar-refractivity contribution in [1.29, 1.82) is 0 Å². The van der Waals surface area contributed by atoms with E-state index in [1.165, 1.54) is 12.8 Å². The van der Waals surface area contributed by atoms with E-state index in [9.17, 15) is 4.79 Å². The highest BCUT2D eigenvalue weighted by atomic mass is 16.1. The van der Waals surface area contributed by atoms with Crippen LogP contribution < -0.4 is 0 Å². The van der Waals surface area contributed by atoms with Crippen molar-refractivity contribution in [1.82, 2.24) is 14.3 Å². The maximum Gasteiger partial charge on any atom is 0.166 e. The van der Waals surface area contributed by atoms with Crippen molar-refractivity contribution >= 4 is 11.8 Å². The zero-order valence-corrected chi connectivity index (χ0v) is 11.2. The fraction of sp³-hybridized carbons (Fsp3) is 0.467. The van der Waals surface area contributed by atoms with Gasteiger partial charge in [-0.1, -0.05) is 19.4 Å². The van der Waals surface area contributed by atoms with Crippen LogP contribution >= 0.6 is 0 Å². The number of piperidine rings is 1. The molecule has 3 rings (SSSR count). The molecule has 0 amide bonds. The van der Waals surface area contributed by atoms with Crippen molar-refractivity contribution in [2.24, 2.45) is 0 Å². The summed E-state index contributed by atoms with van der Waals surface area (Å²) < 4.78 is 2.01. The van der Waals surface area contributed by atoms with Crippen molar-refractivity contribution in [3.05, 3.63) is 35.9 Å². The van der Waals surface area contributed by atoms with E-state index in [2.05, 4.69) is 16.8 Å². The van der Waals surface area contributed by atoms with E-state index in [0.717, 1.165) is 37.1 Å². The Kier molecular flexibility index (Phi) is 3.34. The number of hydrogen-bond acceptors (Lipinski definition) is 3. The Balaban J connectivity index is 2.11. The number of pyridine rings is 1. The molecular formula is C15H19N3O. The number of carbonyl (C=O) groups is 1. The smallest absolute Gasteiger partial charge is 0.166 e. The quantitative estimate of drug-likeness (QED) is 0.793. The maximum atomic E-state index is 11.2. The predicted molar refractivity (Wildman–Crippen MR) is 74.4 cm³/mol. The molecule has 1 fully saturated rings. The summed E-state index contributed by atoms with van der Waals surface area (Å²) in [4.78, 5) is 18.3. The number of nitrogens with zero attached hydrogens (tertiary/aromatic N) is 3. The average Bonchev–Trinajstić information content (AvgIpc) is 2.91. The summed E-state index contributed by atoms with van der Waals surface area (Å²) >= 11 is 0. The minimum absolute atomic E-state index is 0.336. The lowest BCUT2D eigenvalue weighted by molar-refractivity contribution is 0.111. The van der Waals surface area contributed by atoms with E-state index in [1.807, 2.05) is 28.8 Å². The molecule has 2 aromatic rings. The van der Waals surface area contributed by atoms with Crippen LogP contribution in [0.15, 0.2) is 24.4 Å². The Labute approximate surface area is 113 Å². The van der Waals surface area contributed by atoms with Crippen LogP contribution in [0.5, 0.6) is 0 Å². The lowest BCUT2D eigenvalue weighted by atomic mass is 10.0. The van der Waals surface area contributed by atoms with Crippen molar-refractivity contribution in [3.8, 4) is 0 Å². The van der Waals surface area contributed by atoms with Gasteiger partial charge >= 0.3 is 0 Å². The van der Waals surface area contributed by atoms with Gasteiger partial charge in [0.2, 0.25) is 0 Å². The first kappa shape index (κ1) is 12.4. The Morgan fingerprint density at radius 2 is 2.32 bits per heavy atom. The first-order chi connectivity index (χ1) is 9.35. The lowest BCUT2D eigenvalue weighted by Crippen LogP contribution is -2.34. The molecule has 0 bridgehead atoms. The van der Waals surface area contributed by atoms with Crippen molar-refractivity contribution in [3.63, 3.8) is 0 Å². The summed E-state index contributed by atoms with van der Waals surface area (Å²) in [7, 11) is 0. The van der Waals surface area contributed by atoms with Gasteiger partial charge < -0.3 is 0 Å². The summed E-state index contributed by atoms with van der Waals surface area (Å²) in [6, 6.07) is 6.10. The van der Waals surface area contributed by atoms with Gasteiger partial charge in [0.15, 0.2) is 6.29 Å². The van der Waals surface area contributed by atoms with Gasteiger partial charge in [-0.25, -0.2) is 4.98 Å². The van der Waals surface area contributed by atoms with Crippen LogP contribution in [0.4, 0.5) is 0 Å². The Hall–Kier alpha value is -1.68. The van der Waals surface area contributed by atoms with E-state index in [1.54, 1.807) is 0 Å². The second kappa shape index (κ2) is 5.13. The molecule has 0 aromatic carbocycles. The minimum Gasteiger partial charge on any atom is -0.296 e. The highest BCUT2D eigenvalue weighted by Gasteiger charge is 2.26. The number of rotatable bonds is 3. The van der Waals surface area contributed by atoms with E-state index in [4.69, 9.17) is 0 Å². The van der Waals surface area contributed by atoms with Gasteiger partial charge in [0.25, 0.3) is 0 Å². The second-order valence-corrected chi connectivity index (χ2v) is 5.09. The molecule has 0 N–H and O–H groups in total. The topological polar surface area (TPSA) is 37.6 Å². The number of aromatic nitrogens is 2. The number of aldehydes is 1. The highest BCUT2D eigenvalue weighted by molar-refractivity contribution is 5.74. The third-order valence-corrected chi connectivity index (χ3v) is 4.05. The molecule has 100 valence electrons. The molecule has 1 unspecified atom stereocenters. The van der Waals surface area contributed by atoms with Crippen LogP contribution in [-0.2, 0) is 0 Å². The van der Waals surface area contributed by atoms with Gasteiger partial charge in [-0.3, -0.25) is 14.1 Å². The fourth-order valence-electron chi connectivity index (χ4n) is 3.09. The van der Waals surface area contributed by atoms with E-state index in [0.29, 0.717) is 11.7 Å². The summed E-state index contributed by atoms with van der Waals surface area (Å²) in [6.07, 6.45) is 6.40. The van der Waals surface area contributed by atoms with Crippen LogP contribution in [0, 0.1) is 0 Å². The third kappa shape index (κ3) is 2.06. The monoisotopic (exact) mass is 257 g/mol. The fourth-order valence-corrected chi connectivity index (χ4v) is 3.09. The second-order valence-electron chi connectivity index (χ2n) is 5.09. The lowest BCUT2D eigenvalue weighted by Gasteiger charge is -2.34. The predicted octanol–water partition coefficient (Wildman–Crippen LogP) is 2.69. The Morgan fingerprint density at radius 3 is 3.11 bits per heavy atom. The molecule has 0 radical (unpaired) electrons. The third-order valence-electron chi connectivity index (χ3n) is 4.05. The molecule has 0 aliphatic carbocycles. The summed E-state index contributed by atoms with van der Waals surface area (Å²) in [5.41, 5.74) is 1.69. The largest absolute Gasteiger partial charge is 0.296 e. The van der Waals surface area contributed by atoms with Gasteiger partial charge in [0.1, 0.15) is 5.82 Å². The number of likely N-dealkylation sites (tertiary alicyclic amines) is 1. The van der Waals surface area contributed by atoms with Crippen LogP contribution in [0.2, 0.25) is 0 Å². The van der Waals surface area contributed by atoms with E-state index < -0.39 is 0 Å². The zero-order chi connectivity index (χ0) is 13.2. The molecule has 4 heteroatoms. The number of hydrogen-bond donors (Lipinski definition) is 0. The Bertz CT molecular complexity index is 590. The highest BCUT2D eigenvalue weighted by Crippen LogP contribution is 2.30. The molecule has 3 heterocycles. The summed E-state index contributed by atoms with van der Waals surface area (Å²) in [6.45, 7) is 4.34. The molecule has 1 aliphatic heterocycles. The zero-order valence-electron chi connectivity index (χ0n) is 11.2. The van der Waals surface area contributed by atoms with Gasteiger partial charge in [0, 0.05) is 0 Å². The van der Waals surface area contributed by atoms with E-state index in [-0.39, 0.29) is 0 Å². The van der Waals surface area contributed by atoms with Crippen molar-refractivity contribution in [2.45, 2.75) is 32.2 Å². The standard InChI is InChI=1S/C15H19N3O/c1-2-17-9-4-3-8-14(17)15-16-10-12-6-5-7-13(11-19)18(12)15/h5-7,10-11,14H,2-4,8-9H2,1H3. The SMILES string of the molecule is CCN1CCCCC1c1ncc2cccc(C=O)n12. The van der Waals surface area contributed by atoms with Crippen LogP contribution in [-0.4, -0.2) is 33.7 Å². The van der Waals surface area contributed by atoms with Crippen LogP contribution in [0.3, 0.4) is 0 Å². The molecule has 0 saturated carbocycles. The Morgan fingerprint density at radius 1 is 1.42 bits per heavy atom.